The minimum atomic E-state index is -0.166. The summed E-state index contributed by atoms with van der Waals surface area (Å²) in [5.74, 6) is 0.888. The number of carbonyl (C=O) groups excluding carboxylic acids is 1. The molecule has 1 atom stereocenters. The normalized spacial score (nSPS) is 16.2. The van der Waals surface area contributed by atoms with E-state index in [1.807, 2.05) is 24.5 Å². The number of nitrogens with one attached hydrogen (secondary N) is 2. The molecule has 1 aliphatic heterocycles. The smallest absolute Gasteiger partial charge is 0.254 e. The average Bonchev–Trinajstić information content (AvgIpc) is 2.61. The van der Waals surface area contributed by atoms with Gasteiger partial charge in [-0.15, -0.1) is 11.8 Å². The Morgan fingerprint density at radius 2 is 2.31 bits per heavy atom. The first-order valence-electron chi connectivity index (χ1n) is 8.33. The van der Waals surface area contributed by atoms with E-state index in [-0.39, 0.29) is 23.9 Å². The molecular weight excluding hydrogens is 390 g/mol. The third kappa shape index (κ3) is 4.45. The number of aryl methyl sites for hydroxylation is 1. The van der Waals surface area contributed by atoms with E-state index in [4.69, 9.17) is 11.6 Å². The van der Waals surface area contributed by atoms with Gasteiger partial charge in [0.15, 0.2) is 5.16 Å². The molecule has 138 valence electrons. The quantitative estimate of drug-likeness (QED) is 0.581. The van der Waals surface area contributed by atoms with Crippen LogP contribution in [0.25, 0.3) is 0 Å². The Morgan fingerprint density at radius 1 is 1.50 bits per heavy atom. The third-order valence-corrected chi connectivity index (χ3v) is 6.28. The maximum atomic E-state index is 12.4. The molecule has 0 bridgehead atoms. The van der Waals surface area contributed by atoms with Gasteiger partial charge in [0.2, 0.25) is 5.91 Å². The molecule has 2 N–H and O–H groups in total. The molecule has 26 heavy (non-hydrogen) atoms. The predicted octanol–water partition coefficient (Wildman–Crippen LogP) is 3.74. The lowest BCUT2D eigenvalue weighted by atomic mass is 10.0. The van der Waals surface area contributed by atoms with Gasteiger partial charge in [0.25, 0.3) is 5.56 Å². The number of benzene rings is 1. The van der Waals surface area contributed by atoms with Crippen LogP contribution in [0.5, 0.6) is 0 Å². The summed E-state index contributed by atoms with van der Waals surface area (Å²) in [7, 11) is 0. The number of H-pyrrole nitrogens is 1. The monoisotopic (exact) mass is 409 g/mol. The number of amides is 1. The minimum Gasteiger partial charge on any atom is -0.349 e. The zero-order valence-electron chi connectivity index (χ0n) is 14.6. The molecular formula is C18H20ClN3O2S2. The van der Waals surface area contributed by atoms with Gasteiger partial charge in [0, 0.05) is 33.3 Å². The van der Waals surface area contributed by atoms with Crippen molar-refractivity contribution in [1.82, 2.24) is 15.3 Å². The first-order chi connectivity index (χ1) is 12.5. The van der Waals surface area contributed by atoms with Gasteiger partial charge in [-0.05, 0) is 49.8 Å². The van der Waals surface area contributed by atoms with Crippen molar-refractivity contribution in [2.45, 2.75) is 42.3 Å². The number of thioether (sulfide) groups is 2. The molecule has 5 nitrogen and oxygen atoms in total. The van der Waals surface area contributed by atoms with Gasteiger partial charge < -0.3 is 10.3 Å². The van der Waals surface area contributed by atoms with E-state index < -0.39 is 0 Å². The largest absolute Gasteiger partial charge is 0.349 e. The average molecular weight is 410 g/mol. The molecule has 0 saturated carbocycles. The van der Waals surface area contributed by atoms with Crippen LogP contribution < -0.4 is 10.9 Å². The van der Waals surface area contributed by atoms with Gasteiger partial charge in [-0.2, -0.15) is 0 Å². The second-order valence-electron chi connectivity index (χ2n) is 6.08. The van der Waals surface area contributed by atoms with Crippen molar-refractivity contribution < 1.29 is 4.79 Å². The Balaban J connectivity index is 1.66. The minimum absolute atomic E-state index is 0.0335. The number of carbonyl (C=O) groups is 1. The Labute approximate surface area is 165 Å². The highest BCUT2D eigenvalue weighted by molar-refractivity contribution is 7.99. The van der Waals surface area contributed by atoms with E-state index in [1.54, 1.807) is 18.7 Å². The zero-order chi connectivity index (χ0) is 18.7. The maximum absolute atomic E-state index is 12.4. The first kappa shape index (κ1) is 19.3. The topological polar surface area (TPSA) is 74.8 Å². The van der Waals surface area contributed by atoms with E-state index in [0.29, 0.717) is 27.9 Å². The van der Waals surface area contributed by atoms with Gasteiger partial charge in [0.1, 0.15) is 0 Å². The van der Waals surface area contributed by atoms with Crippen LogP contribution in [-0.4, -0.2) is 27.9 Å². The highest BCUT2D eigenvalue weighted by Gasteiger charge is 2.22. The van der Waals surface area contributed by atoms with Crippen LogP contribution in [-0.2, 0) is 11.2 Å². The van der Waals surface area contributed by atoms with E-state index in [2.05, 4.69) is 15.3 Å². The van der Waals surface area contributed by atoms with Crippen molar-refractivity contribution in [2.75, 3.05) is 12.0 Å². The standard InChI is InChI=1S/C18H20ClN3O2S2/c1-10-12(17(24)22-18(20-10)25-2)4-6-16(23)21-14-7-8-26-15-5-3-11(19)9-13(14)15/h3,5,9,14H,4,6-8H2,1-2H3,(H,21,23)(H,20,22,24)/t14-/m0/s1. The van der Waals surface area contributed by atoms with Crippen LogP contribution in [0.15, 0.2) is 33.0 Å². The Kier molecular flexibility index (Phi) is 6.32. The van der Waals surface area contributed by atoms with Crippen LogP contribution in [0, 0.1) is 6.92 Å². The fourth-order valence-electron chi connectivity index (χ4n) is 3.00. The van der Waals surface area contributed by atoms with Gasteiger partial charge in [-0.1, -0.05) is 23.4 Å². The fraction of sp³-hybridized carbons (Fsp3) is 0.389. The Morgan fingerprint density at radius 3 is 3.04 bits per heavy atom. The van der Waals surface area contributed by atoms with Crippen LogP contribution in [0.2, 0.25) is 5.02 Å². The van der Waals surface area contributed by atoms with E-state index in [0.717, 1.165) is 22.6 Å². The van der Waals surface area contributed by atoms with Crippen molar-refractivity contribution in [1.29, 1.82) is 0 Å². The van der Waals surface area contributed by atoms with Crippen molar-refractivity contribution in [2.24, 2.45) is 0 Å². The molecule has 1 aromatic carbocycles. The van der Waals surface area contributed by atoms with Crippen molar-refractivity contribution in [3.05, 3.63) is 50.4 Å². The second-order valence-corrected chi connectivity index (χ2v) is 8.45. The maximum Gasteiger partial charge on any atom is 0.254 e. The lowest BCUT2D eigenvalue weighted by Crippen LogP contribution is -2.31. The van der Waals surface area contributed by atoms with Crippen LogP contribution in [0.1, 0.15) is 35.7 Å². The number of aromatic nitrogens is 2. The molecule has 3 rings (SSSR count). The Hall–Kier alpha value is -1.44. The lowest BCUT2D eigenvalue weighted by molar-refractivity contribution is -0.121. The number of rotatable bonds is 5. The zero-order valence-corrected chi connectivity index (χ0v) is 17.0. The summed E-state index contributed by atoms with van der Waals surface area (Å²) >= 11 is 9.28. The third-order valence-electron chi connectivity index (χ3n) is 4.34. The molecule has 0 fully saturated rings. The number of aromatic amines is 1. The van der Waals surface area contributed by atoms with Gasteiger partial charge in [-0.25, -0.2) is 4.98 Å². The number of halogens is 1. The Bertz CT molecular complexity index is 885. The molecule has 1 aromatic heterocycles. The number of hydrogen-bond donors (Lipinski definition) is 2. The molecule has 0 saturated heterocycles. The van der Waals surface area contributed by atoms with Crippen LogP contribution >= 0.6 is 35.1 Å². The van der Waals surface area contributed by atoms with Gasteiger partial charge >= 0.3 is 0 Å². The number of fused-ring (bicyclic) bond motifs is 1. The van der Waals surface area contributed by atoms with Gasteiger partial charge in [-0.3, -0.25) is 9.59 Å². The molecule has 2 aromatic rings. The summed E-state index contributed by atoms with van der Waals surface area (Å²) in [5, 5.41) is 4.35. The molecule has 0 radical (unpaired) electrons. The molecule has 0 spiro atoms. The molecule has 1 aliphatic rings. The van der Waals surface area contributed by atoms with Crippen molar-refractivity contribution in [3.63, 3.8) is 0 Å². The summed E-state index contributed by atoms with van der Waals surface area (Å²) in [6, 6.07) is 5.77. The number of nitrogens with zero attached hydrogens (tertiary/aromatic N) is 1. The van der Waals surface area contributed by atoms with Gasteiger partial charge in [0.05, 0.1) is 6.04 Å². The molecule has 2 heterocycles. The number of hydrogen-bond acceptors (Lipinski definition) is 5. The molecule has 0 aliphatic carbocycles. The first-order valence-corrected chi connectivity index (χ1v) is 10.9. The van der Waals surface area contributed by atoms with E-state index in [1.165, 1.54) is 11.8 Å². The van der Waals surface area contributed by atoms with E-state index >= 15 is 0 Å². The summed E-state index contributed by atoms with van der Waals surface area (Å²) < 4.78 is 0. The predicted molar refractivity (Wildman–Crippen MR) is 107 cm³/mol. The fourth-order valence-corrected chi connectivity index (χ4v) is 4.71. The lowest BCUT2D eigenvalue weighted by Gasteiger charge is -2.26. The highest BCUT2D eigenvalue weighted by Crippen LogP contribution is 2.37. The molecule has 1 amide bonds. The summed E-state index contributed by atoms with van der Waals surface area (Å²) in [4.78, 5) is 32.8. The molecule has 0 unspecified atom stereocenters. The van der Waals surface area contributed by atoms with E-state index in [9.17, 15) is 9.59 Å². The van der Waals surface area contributed by atoms with Crippen molar-refractivity contribution in [3.8, 4) is 0 Å². The van der Waals surface area contributed by atoms with Crippen LogP contribution in [0.4, 0.5) is 0 Å². The summed E-state index contributed by atoms with van der Waals surface area (Å²) in [6.07, 6.45) is 3.35. The second kappa shape index (κ2) is 8.50. The SMILES string of the molecule is CSc1nc(C)c(CCC(=O)N[C@H]2CCSc3ccc(Cl)cc32)c(=O)[nH]1. The highest BCUT2D eigenvalue weighted by atomic mass is 35.5. The molecule has 8 heteroatoms. The van der Waals surface area contributed by atoms with Crippen molar-refractivity contribution >= 4 is 41.0 Å². The summed E-state index contributed by atoms with van der Waals surface area (Å²) in [6.45, 7) is 1.80. The summed E-state index contributed by atoms with van der Waals surface area (Å²) in [5.41, 5.74) is 2.15. The van der Waals surface area contributed by atoms with Crippen LogP contribution in [0.3, 0.4) is 0 Å².